The van der Waals surface area contributed by atoms with Crippen LogP contribution in [0.25, 0.3) is 11.1 Å². The maximum Gasteiger partial charge on any atom is 0.272 e. The van der Waals surface area contributed by atoms with Gasteiger partial charge >= 0.3 is 0 Å². The lowest BCUT2D eigenvalue weighted by molar-refractivity contribution is 0.101. The normalized spacial score (nSPS) is 11.2. The van der Waals surface area contributed by atoms with E-state index in [-0.39, 0.29) is 5.91 Å². The van der Waals surface area contributed by atoms with Gasteiger partial charge in [0.15, 0.2) is 5.58 Å². The van der Waals surface area contributed by atoms with E-state index in [1.165, 1.54) is 16.7 Å². The number of rotatable bonds is 6. The number of hydrogen-bond acceptors (Lipinski definition) is 3. The van der Waals surface area contributed by atoms with Crippen molar-refractivity contribution >= 4 is 22.7 Å². The highest BCUT2D eigenvalue weighted by atomic mass is 16.3. The molecule has 6 nitrogen and oxygen atoms in total. The molecule has 0 aliphatic carbocycles. The molecule has 5 aromatic rings. The van der Waals surface area contributed by atoms with E-state index in [1.807, 2.05) is 45.8 Å². The van der Waals surface area contributed by atoms with Gasteiger partial charge in [-0.25, -0.2) is 0 Å². The number of nitrogens with zero attached hydrogens (tertiary/aromatic N) is 3. The quantitative estimate of drug-likeness (QED) is 0.397. The van der Waals surface area contributed by atoms with Crippen molar-refractivity contribution in [2.75, 3.05) is 5.32 Å². The van der Waals surface area contributed by atoms with Gasteiger partial charge in [0.2, 0.25) is 0 Å². The van der Waals surface area contributed by atoms with Gasteiger partial charge in [-0.1, -0.05) is 48.5 Å². The Kier molecular flexibility index (Phi) is 5.11. The van der Waals surface area contributed by atoms with E-state index in [2.05, 4.69) is 48.5 Å². The van der Waals surface area contributed by atoms with Crippen molar-refractivity contribution in [3.05, 3.63) is 107 Å². The Labute approximate surface area is 186 Å². The molecule has 0 bridgehead atoms. The van der Waals surface area contributed by atoms with Crippen LogP contribution in [0.15, 0.2) is 83.7 Å². The van der Waals surface area contributed by atoms with Crippen molar-refractivity contribution in [3.63, 3.8) is 0 Å². The first-order valence-electron chi connectivity index (χ1n) is 10.6. The first kappa shape index (κ1) is 19.9. The van der Waals surface area contributed by atoms with Crippen LogP contribution in [-0.4, -0.2) is 20.3 Å². The first-order chi connectivity index (χ1) is 15.6. The summed E-state index contributed by atoms with van der Waals surface area (Å²) < 4.78 is 9.40. The number of hydrogen-bond donors (Lipinski definition) is 1. The Morgan fingerprint density at radius 3 is 2.38 bits per heavy atom. The van der Waals surface area contributed by atoms with Crippen LogP contribution in [0.2, 0.25) is 0 Å². The molecule has 0 unspecified atom stereocenters. The number of anilines is 1. The lowest BCUT2D eigenvalue weighted by atomic mass is 10.1. The second-order valence-corrected chi connectivity index (χ2v) is 8.02. The number of furan rings is 1. The van der Waals surface area contributed by atoms with E-state index in [1.54, 1.807) is 18.5 Å². The number of nitrogens with one attached hydrogen (secondary N) is 1. The minimum Gasteiger partial charge on any atom is -0.463 e. The maximum absolute atomic E-state index is 13.2. The highest BCUT2D eigenvalue weighted by Gasteiger charge is 2.19. The summed E-state index contributed by atoms with van der Waals surface area (Å²) >= 11 is 0. The molecule has 0 saturated carbocycles. The zero-order chi connectivity index (χ0) is 22.1. The molecule has 3 heterocycles. The summed E-state index contributed by atoms with van der Waals surface area (Å²) in [7, 11) is 0. The molecule has 0 fully saturated rings. The van der Waals surface area contributed by atoms with Gasteiger partial charge in [-0.15, -0.1) is 0 Å². The van der Waals surface area contributed by atoms with Crippen LogP contribution in [0.4, 0.5) is 5.69 Å². The third kappa shape index (κ3) is 3.83. The highest BCUT2D eigenvalue weighted by molar-refractivity contribution is 6.05. The topological polar surface area (TPSA) is 65.0 Å². The fourth-order valence-electron chi connectivity index (χ4n) is 3.97. The molecular weight excluding hydrogens is 400 g/mol. The molecule has 6 heteroatoms. The summed E-state index contributed by atoms with van der Waals surface area (Å²) in [5, 5.41) is 7.40. The van der Waals surface area contributed by atoms with Gasteiger partial charge in [0, 0.05) is 24.9 Å². The number of amides is 1. The second kappa shape index (κ2) is 8.23. The van der Waals surface area contributed by atoms with Crippen molar-refractivity contribution in [2.24, 2.45) is 0 Å². The Morgan fingerprint density at radius 2 is 1.66 bits per heavy atom. The average Bonchev–Trinajstić information content (AvgIpc) is 3.49. The lowest BCUT2D eigenvalue weighted by Gasteiger charge is -2.12. The van der Waals surface area contributed by atoms with Crippen molar-refractivity contribution in [1.29, 1.82) is 0 Å². The second-order valence-electron chi connectivity index (χ2n) is 8.02. The van der Waals surface area contributed by atoms with Gasteiger partial charge in [0.1, 0.15) is 5.69 Å². The Bertz CT molecular complexity index is 1410. The Hall–Kier alpha value is -4.06. The molecule has 32 heavy (non-hydrogen) atoms. The van der Waals surface area contributed by atoms with Crippen molar-refractivity contribution in [2.45, 2.75) is 26.9 Å². The fraction of sp³-hybridized carbons (Fsp3) is 0.154. The number of aromatic nitrogens is 3. The average molecular weight is 425 g/mol. The molecule has 0 spiro atoms. The van der Waals surface area contributed by atoms with E-state index in [4.69, 9.17) is 4.42 Å². The van der Waals surface area contributed by atoms with E-state index in [0.717, 1.165) is 11.1 Å². The van der Waals surface area contributed by atoms with Crippen LogP contribution in [0.5, 0.6) is 0 Å². The third-order valence-electron chi connectivity index (χ3n) is 5.83. The van der Waals surface area contributed by atoms with E-state index >= 15 is 0 Å². The minimum absolute atomic E-state index is 0.194. The Balaban J connectivity index is 1.39. The van der Waals surface area contributed by atoms with Crippen LogP contribution in [0, 0.1) is 13.8 Å². The summed E-state index contributed by atoms with van der Waals surface area (Å²) in [6.07, 6.45) is 5.17. The number of fused-ring (bicyclic) bond motifs is 1. The molecular formula is C26H24N4O2. The van der Waals surface area contributed by atoms with Gasteiger partial charge in [0.25, 0.3) is 5.91 Å². The standard InChI is InChI=1S/C26H24N4O2/c1-18-7-3-5-9-20(18)15-29-17-22(14-27-29)28-26(31)24-13-25-23(11-12-32-25)30(24)16-21-10-6-4-8-19(21)2/h3-14,17H,15-16H2,1-2H3,(H,28,31). The van der Waals surface area contributed by atoms with Crippen LogP contribution in [-0.2, 0) is 13.1 Å². The summed E-state index contributed by atoms with van der Waals surface area (Å²) in [5.41, 5.74) is 7.55. The van der Waals surface area contributed by atoms with Crippen molar-refractivity contribution in [3.8, 4) is 0 Å². The molecule has 0 aliphatic rings. The summed E-state index contributed by atoms with van der Waals surface area (Å²) in [5.74, 6) is -0.194. The number of carbonyl (C=O) groups excluding carboxylic acids is 1. The molecule has 0 radical (unpaired) electrons. The molecule has 0 atom stereocenters. The molecule has 0 aliphatic heterocycles. The van der Waals surface area contributed by atoms with Crippen LogP contribution in [0.1, 0.15) is 32.7 Å². The molecule has 5 rings (SSSR count). The van der Waals surface area contributed by atoms with Crippen molar-refractivity contribution < 1.29 is 9.21 Å². The smallest absolute Gasteiger partial charge is 0.272 e. The zero-order valence-electron chi connectivity index (χ0n) is 18.1. The number of aryl methyl sites for hydroxylation is 2. The summed E-state index contributed by atoms with van der Waals surface area (Å²) in [4.78, 5) is 13.2. The predicted molar refractivity (Wildman–Crippen MR) is 125 cm³/mol. The van der Waals surface area contributed by atoms with E-state index in [9.17, 15) is 4.79 Å². The minimum atomic E-state index is -0.194. The van der Waals surface area contributed by atoms with Crippen LogP contribution < -0.4 is 5.32 Å². The molecule has 2 aromatic carbocycles. The maximum atomic E-state index is 13.2. The van der Waals surface area contributed by atoms with E-state index < -0.39 is 0 Å². The van der Waals surface area contributed by atoms with Gasteiger partial charge in [-0.2, -0.15) is 5.10 Å². The molecule has 0 saturated heterocycles. The lowest BCUT2D eigenvalue weighted by Crippen LogP contribution is -2.17. The monoisotopic (exact) mass is 424 g/mol. The van der Waals surface area contributed by atoms with Crippen LogP contribution in [0.3, 0.4) is 0 Å². The predicted octanol–water partition coefficient (Wildman–Crippen LogP) is 5.40. The largest absolute Gasteiger partial charge is 0.463 e. The van der Waals surface area contributed by atoms with Crippen LogP contribution >= 0.6 is 0 Å². The molecule has 3 aromatic heterocycles. The molecule has 1 N–H and O–H groups in total. The van der Waals surface area contributed by atoms with Gasteiger partial charge in [0.05, 0.1) is 30.2 Å². The SMILES string of the molecule is Cc1ccccc1Cn1cc(NC(=O)c2cc3occc3n2Cc2ccccc2C)cn1. The van der Waals surface area contributed by atoms with Gasteiger partial charge < -0.3 is 14.3 Å². The molecule has 160 valence electrons. The number of carbonyl (C=O) groups is 1. The first-order valence-corrected chi connectivity index (χ1v) is 10.6. The fourth-order valence-corrected chi connectivity index (χ4v) is 3.97. The molecule has 1 amide bonds. The van der Waals surface area contributed by atoms with Gasteiger partial charge in [-0.05, 0) is 36.1 Å². The van der Waals surface area contributed by atoms with E-state index in [0.29, 0.717) is 30.1 Å². The highest BCUT2D eigenvalue weighted by Crippen LogP contribution is 2.24. The Morgan fingerprint density at radius 1 is 0.969 bits per heavy atom. The summed E-state index contributed by atoms with van der Waals surface area (Å²) in [6.45, 7) is 5.40. The number of benzene rings is 2. The summed E-state index contributed by atoms with van der Waals surface area (Å²) in [6, 6.07) is 20.1. The zero-order valence-corrected chi connectivity index (χ0v) is 18.1. The van der Waals surface area contributed by atoms with Crippen molar-refractivity contribution in [1.82, 2.24) is 14.3 Å². The van der Waals surface area contributed by atoms with Gasteiger partial charge in [-0.3, -0.25) is 9.48 Å². The third-order valence-corrected chi connectivity index (χ3v) is 5.83.